The Balaban J connectivity index is 1.91. The molecule has 1 unspecified atom stereocenters. The first-order valence-electron chi connectivity index (χ1n) is 7.63. The number of nitrogens with one attached hydrogen (secondary N) is 2. The van der Waals surface area contributed by atoms with Crippen LogP contribution in [0.3, 0.4) is 0 Å². The lowest BCUT2D eigenvalue weighted by molar-refractivity contribution is 0.415. The highest BCUT2D eigenvalue weighted by Gasteiger charge is 2.19. The summed E-state index contributed by atoms with van der Waals surface area (Å²) in [5.74, 6) is 1.21. The van der Waals surface area contributed by atoms with Gasteiger partial charge in [0.15, 0.2) is 17.6 Å². The third-order valence-electron chi connectivity index (χ3n) is 4.30. The van der Waals surface area contributed by atoms with E-state index in [9.17, 15) is 4.79 Å². The van der Waals surface area contributed by atoms with E-state index in [1.165, 1.54) is 6.39 Å². The van der Waals surface area contributed by atoms with Crippen LogP contribution < -0.4 is 15.5 Å². The summed E-state index contributed by atoms with van der Waals surface area (Å²) in [7, 11) is 1.60. The van der Waals surface area contributed by atoms with Gasteiger partial charge in [-0.2, -0.15) is 0 Å². The van der Waals surface area contributed by atoms with Gasteiger partial charge in [0, 0.05) is 29.3 Å². The molecule has 0 bridgehead atoms. The van der Waals surface area contributed by atoms with Gasteiger partial charge in [0.2, 0.25) is 0 Å². The Morgan fingerprint density at radius 1 is 1.35 bits per heavy atom. The molecule has 4 rings (SSSR count). The number of rotatable bonds is 3. The van der Waals surface area contributed by atoms with Gasteiger partial charge >= 0.3 is 0 Å². The van der Waals surface area contributed by atoms with Crippen LogP contribution in [0, 0.1) is 0 Å². The zero-order chi connectivity index (χ0) is 15.8. The molecule has 6 nitrogen and oxygen atoms in total. The summed E-state index contributed by atoms with van der Waals surface area (Å²) in [6.07, 6.45) is 5.12. The summed E-state index contributed by atoms with van der Waals surface area (Å²) in [5, 5.41) is 4.01. The molecule has 0 saturated carbocycles. The molecule has 0 spiro atoms. The number of methoxy groups -OCH3 is 1. The number of ether oxygens (including phenoxy) is 1. The fourth-order valence-corrected chi connectivity index (χ4v) is 3.15. The number of hydrogen-bond acceptors (Lipinski definition) is 5. The van der Waals surface area contributed by atoms with E-state index in [-0.39, 0.29) is 11.5 Å². The van der Waals surface area contributed by atoms with E-state index >= 15 is 0 Å². The van der Waals surface area contributed by atoms with E-state index < -0.39 is 0 Å². The van der Waals surface area contributed by atoms with Crippen LogP contribution in [0.25, 0.3) is 22.2 Å². The van der Waals surface area contributed by atoms with Crippen molar-refractivity contribution in [3.8, 4) is 17.1 Å². The van der Waals surface area contributed by atoms with Crippen molar-refractivity contribution < 1.29 is 9.15 Å². The number of fused-ring (bicyclic) bond motifs is 1. The Hall–Kier alpha value is -2.60. The van der Waals surface area contributed by atoms with Crippen molar-refractivity contribution in [1.29, 1.82) is 0 Å². The van der Waals surface area contributed by atoms with Crippen LogP contribution in [0.5, 0.6) is 5.75 Å². The Labute approximate surface area is 132 Å². The minimum Gasteiger partial charge on any atom is -0.496 e. The molecule has 1 saturated heterocycles. The summed E-state index contributed by atoms with van der Waals surface area (Å²) < 4.78 is 10.8. The number of oxazole rings is 1. The third-order valence-corrected chi connectivity index (χ3v) is 4.30. The molecule has 1 aliphatic rings. The fourth-order valence-electron chi connectivity index (χ4n) is 3.15. The quantitative estimate of drug-likeness (QED) is 0.777. The summed E-state index contributed by atoms with van der Waals surface area (Å²) in [4.78, 5) is 19.8. The molecular weight excluding hydrogens is 294 g/mol. The second-order valence-electron chi connectivity index (χ2n) is 5.70. The standard InChI is InChI=1S/C17H17N3O3/c1-22-16-7-13-10(5-11(16)17-8-18-9-23-17)15(21)6-14(20-13)12-3-2-4-19-12/h5-9,12,19H,2-4H2,1H3,(H,20,21). The van der Waals surface area contributed by atoms with Gasteiger partial charge in [-0.3, -0.25) is 4.79 Å². The predicted molar refractivity (Wildman–Crippen MR) is 86.6 cm³/mol. The molecule has 1 fully saturated rings. The predicted octanol–water partition coefficient (Wildman–Crippen LogP) is 2.62. The van der Waals surface area contributed by atoms with Crippen molar-refractivity contribution in [1.82, 2.24) is 15.3 Å². The maximum atomic E-state index is 12.5. The number of H-pyrrole nitrogens is 1. The average molecular weight is 311 g/mol. The van der Waals surface area contributed by atoms with Gasteiger partial charge in [-0.05, 0) is 25.5 Å². The lowest BCUT2D eigenvalue weighted by atomic mass is 10.1. The minimum atomic E-state index is -0.00846. The summed E-state index contributed by atoms with van der Waals surface area (Å²) in [6.45, 7) is 0.985. The van der Waals surface area contributed by atoms with Crippen LogP contribution in [0.1, 0.15) is 24.6 Å². The smallest absolute Gasteiger partial charge is 0.189 e. The number of benzene rings is 1. The molecule has 1 aliphatic heterocycles. The molecule has 1 atom stereocenters. The number of hydrogen-bond donors (Lipinski definition) is 2. The van der Waals surface area contributed by atoms with Gasteiger partial charge in [-0.15, -0.1) is 0 Å². The lowest BCUT2D eigenvalue weighted by Gasteiger charge is -2.13. The van der Waals surface area contributed by atoms with Crippen LogP contribution >= 0.6 is 0 Å². The molecule has 3 aromatic rings. The number of aromatic amines is 1. The molecule has 0 amide bonds. The van der Waals surface area contributed by atoms with Crippen LogP contribution in [0.15, 0.2) is 40.0 Å². The van der Waals surface area contributed by atoms with Gasteiger partial charge in [0.25, 0.3) is 0 Å². The van der Waals surface area contributed by atoms with Crippen molar-refractivity contribution in [3.05, 3.63) is 46.7 Å². The van der Waals surface area contributed by atoms with Crippen LogP contribution in [0.4, 0.5) is 0 Å². The zero-order valence-electron chi connectivity index (χ0n) is 12.8. The van der Waals surface area contributed by atoms with Gasteiger partial charge in [-0.1, -0.05) is 0 Å². The number of pyridine rings is 1. The molecule has 2 N–H and O–H groups in total. The van der Waals surface area contributed by atoms with Crippen molar-refractivity contribution in [3.63, 3.8) is 0 Å². The SMILES string of the molecule is COc1cc2[nH]c(C3CCCN3)cc(=O)c2cc1-c1cnco1. The van der Waals surface area contributed by atoms with Gasteiger partial charge in [0.1, 0.15) is 5.75 Å². The second kappa shape index (κ2) is 5.55. The van der Waals surface area contributed by atoms with Crippen LogP contribution in [0.2, 0.25) is 0 Å². The molecule has 23 heavy (non-hydrogen) atoms. The Bertz CT molecular complexity index is 893. The normalized spacial score (nSPS) is 17.7. The van der Waals surface area contributed by atoms with E-state index in [1.54, 1.807) is 25.4 Å². The highest BCUT2D eigenvalue weighted by Crippen LogP contribution is 2.33. The van der Waals surface area contributed by atoms with Crippen molar-refractivity contribution >= 4 is 10.9 Å². The number of aromatic nitrogens is 2. The topological polar surface area (TPSA) is 80.1 Å². The average Bonchev–Trinajstić information content (AvgIpc) is 3.27. The second-order valence-corrected chi connectivity index (χ2v) is 5.70. The van der Waals surface area contributed by atoms with E-state index in [0.717, 1.165) is 36.2 Å². The minimum absolute atomic E-state index is 0.00846. The molecule has 2 aromatic heterocycles. The first kappa shape index (κ1) is 14.0. The maximum Gasteiger partial charge on any atom is 0.189 e. The monoisotopic (exact) mass is 311 g/mol. The first-order valence-corrected chi connectivity index (χ1v) is 7.63. The maximum absolute atomic E-state index is 12.5. The first-order chi connectivity index (χ1) is 11.3. The summed E-state index contributed by atoms with van der Waals surface area (Å²) in [6, 6.07) is 5.53. The molecule has 118 valence electrons. The highest BCUT2D eigenvalue weighted by molar-refractivity contribution is 5.87. The molecule has 0 radical (unpaired) electrons. The molecule has 6 heteroatoms. The van der Waals surface area contributed by atoms with Crippen molar-refractivity contribution in [2.24, 2.45) is 0 Å². The van der Waals surface area contributed by atoms with E-state index in [2.05, 4.69) is 15.3 Å². The molecule has 1 aromatic carbocycles. The molecule has 0 aliphatic carbocycles. The zero-order valence-corrected chi connectivity index (χ0v) is 12.8. The van der Waals surface area contributed by atoms with Gasteiger partial charge in [-0.25, -0.2) is 4.98 Å². The molecule has 3 heterocycles. The van der Waals surface area contributed by atoms with Gasteiger partial charge in [0.05, 0.1) is 24.4 Å². The Morgan fingerprint density at radius 2 is 2.26 bits per heavy atom. The van der Waals surface area contributed by atoms with Crippen LogP contribution in [-0.4, -0.2) is 23.6 Å². The fraction of sp³-hybridized carbons (Fsp3) is 0.294. The number of nitrogens with zero attached hydrogens (tertiary/aromatic N) is 1. The van der Waals surface area contributed by atoms with Crippen molar-refractivity contribution in [2.75, 3.05) is 13.7 Å². The van der Waals surface area contributed by atoms with E-state index in [4.69, 9.17) is 9.15 Å². The van der Waals surface area contributed by atoms with E-state index in [0.29, 0.717) is 16.9 Å². The summed E-state index contributed by atoms with van der Waals surface area (Å²) >= 11 is 0. The lowest BCUT2D eigenvalue weighted by Crippen LogP contribution is -2.17. The van der Waals surface area contributed by atoms with Crippen molar-refractivity contribution in [2.45, 2.75) is 18.9 Å². The summed E-state index contributed by atoms with van der Waals surface area (Å²) in [5.41, 5.74) is 2.40. The Kier molecular flexibility index (Phi) is 3.38. The van der Waals surface area contributed by atoms with Crippen LogP contribution in [-0.2, 0) is 0 Å². The Morgan fingerprint density at radius 3 is 2.96 bits per heavy atom. The largest absolute Gasteiger partial charge is 0.496 e. The van der Waals surface area contributed by atoms with E-state index in [1.807, 2.05) is 6.07 Å². The molecular formula is C17H17N3O3. The third kappa shape index (κ3) is 2.41. The van der Waals surface area contributed by atoms with Gasteiger partial charge < -0.3 is 19.5 Å². The highest BCUT2D eigenvalue weighted by atomic mass is 16.5.